The molecule has 3 aromatic rings. The van der Waals surface area contributed by atoms with Crippen LogP contribution in [0, 0.1) is 0 Å². The number of aromatic nitrogens is 2. The number of fused-ring (bicyclic) bond motifs is 1. The number of aromatic amines is 2. The van der Waals surface area contributed by atoms with Crippen molar-refractivity contribution in [3.8, 4) is 11.5 Å². The second-order valence-corrected chi connectivity index (χ2v) is 6.68. The molecule has 0 bridgehead atoms. The minimum absolute atomic E-state index is 0.216. The van der Waals surface area contributed by atoms with Gasteiger partial charge < -0.3 is 24.8 Å². The molecule has 0 spiro atoms. The molecule has 1 saturated carbocycles. The SMILES string of the molecule is COc1cc(C(=O)Nc2ccc3[nH]c(=O)[nH]c3c2)ccc1OC1CCCC1. The van der Waals surface area contributed by atoms with Crippen molar-refractivity contribution < 1.29 is 14.3 Å². The van der Waals surface area contributed by atoms with Gasteiger partial charge in [0.05, 0.1) is 24.2 Å². The number of ether oxygens (including phenoxy) is 2. The topological polar surface area (TPSA) is 96.2 Å². The Kier molecular flexibility index (Phi) is 4.58. The summed E-state index contributed by atoms with van der Waals surface area (Å²) in [6.07, 6.45) is 4.69. The first-order chi connectivity index (χ1) is 13.1. The summed E-state index contributed by atoms with van der Waals surface area (Å²) < 4.78 is 11.4. The van der Waals surface area contributed by atoms with Gasteiger partial charge in [0.25, 0.3) is 5.91 Å². The minimum atomic E-state index is -0.281. The Labute approximate surface area is 155 Å². The van der Waals surface area contributed by atoms with E-state index in [1.807, 2.05) is 0 Å². The van der Waals surface area contributed by atoms with Gasteiger partial charge >= 0.3 is 5.69 Å². The molecular formula is C20H21N3O4. The van der Waals surface area contributed by atoms with E-state index in [-0.39, 0.29) is 17.7 Å². The number of benzene rings is 2. The molecule has 1 heterocycles. The number of amides is 1. The van der Waals surface area contributed by atoms with E-state index in [1.165, 1.54) is 12.8 Å². The highest BCUT2D eigenvalue weighted by molar-refractivity contribution is 6.05. The van der Waals surface area contributed by atoms with Crippen LogP contribution in [-0.2, 0) is 0 Å². The molecule has 140 valence electrons. The van der Waals surface area contributed by atoms with Crippen molar-refractivity contribution in [3.63, 3.8) is 0 Å². The van der Waals surface area contributed by atoms with Gasteiger partial charge in [-0.15, -0.1) is 0 Å². The van der Waals surface area contributed by atoms with Crippen LogP contribution < -0.4 is 20.5 Å². The number of rotatable bonds is 5. The number of H-pyrrole nitrogens is 2. The number of carbonyl (C=O) groups excluding carboxylic acids is 1. The first-order valence-corrected chi connectivity index (χ1v) is 9.00. The summed E-state index contributed by atoms with van der Waals surface area (Å²) in [5, 5.41) is 2.83. The Balaban J connectivity index is 1.52. The van der Waals surface area contributed by atoms with E-state index in [0.717, 1.165) is 12.8 Å². The van der Waals surface area contributed by atoms with Crippen molar-refractivity contribution in [1.29, 1.82) is 0 Å². The second kappa shape index (κ2) is 7.19. The standard InChI is InChI=1S/C20H21N3O4/c1-26-18-10-12(6-9-17(18)27-14-4-2-3-5-14)19(24)21-13-7-8-15-16(11-13)23-20(25)22-15/h6-11,14H,2-5H2,1H3,(H,21,24)(H2,22,23,25). The quantitative estimate of drug-likeness (QED) is 0.644. The van der Waals surface area contributed by atoms with E-state index in [9.17, 15) is 9.59 Å². The van der Waals surface area contributed by atoms with Gasteiger partial charge in [0.15, 0.2) is 11.5 Å². The third kappa shape index (κ3) is 3.67. The molecule has 4 rings (SSSR count). The van der Waals surface area contributed by atoms with Crippen LogP contribution in [0.1, 0.15) is 36.0 Å². The van der Waals surface area contributed by atoms with Crippen molar-refractivity contribution in [2.75, 3.05) is 12.4 Å². The van der Waals surface area contributed by atoms with E-state index in [2.05, 4.69) is 15.3 Å². The summed E-state index contributed by atoms with van der Waals surface area (Å²) in [5.41, 5.74) is 2.10. The smallest absolute Gasteiger partial charge is 0.323 e. The van der Waals surface area contributed by atoms with Gasteiger partial charge in [-0.1, -0.05) is 0 Å². The van der Waals surface area contributed by atoms with E-state index >= 15 is 0 Å². The summed E-state index contributed by atoms with van der Waals surface area (Å²) in [5.74, 6) is 0.935. The van der Waals surface area contributed by atoms with Crippen LogP contribution >= 0.6 is 0 Å². The van der Waals surface area contributed by atoms with Crippen LogP contribution in [0.3, 0.4) is 0 Å². The number of nitrogens with one attached hydrogen (secondary N) is 3. The Hall–Kier alpha value is -3.22. The van der Waals surface area contributed by atoms with Crippen LogP contribution in [0.4, 0.5) is 5.69 Å². The van der Waals surface area contributed by atoms with E-state index in [4.69, 9.17) is 9.47 Å². The van der Waals surface area contributed by atoms with Gasteiger partial charge in [0, 0.05) is 11.3 Å². The molecule has 1 aromatic heterocycles. The Bertz CT molecular complexity index is 1030. The van der Waals surface area contributed by atoms with Gasteiger partial charge in [-0.25, -0.2) is 4.79 Å². The highest BCUT2D eigenvalue weighted by atomic mass is 16.5. The molecule has 27 heavy (non-hydrogen) atoms. The fourth-order valence-electron chi connectivity index (χ4n) is 3.41. The van der Waals surface area contributed by atoms with Gasteiger partial charge in [0.1, 0.15) is 0 Å². The maximum Gasteiger partial charge on any atom is 0.323 e. The van der Waals surface area contributed by atoms with Crippen LogP contribution in [-0.4, -0.2) is 29.1 Å². The van der Waals surface area contributed by atoms with Crippen molar-refractivity contribution in [2.45, 2.75) is 31.8 Å². The molecule has 1 fully saturated rings. The van der Waals surface area contributed by atoms with E-state index in [1.54, 1.807) is 43.5 Å². The zero-order valence-corrected chi connectivity index (χ0v) is 15.0. The normalized spacial score (nSPS) is 14.4. The summed E-state index contributed by atoms with van der Waals surface area (Å²) in [6.45, 7) is 0. The Morgan fingerprint density at radius 1 is 1.04 bits per heavy atom. The third-order valence-electron chi connectivity index (χ3n) is 4.80. The Morgan fingerprint density at radius 3 is 2.59 bits per heavy atom. The van der Waals surface area contributed by atoms with Crippen LogP contribution in [0.2, 0.25) is 0 Å². The van der Waals surface area contributed by atoms with Crippen molar-refractivity contribution >= 4 is 22.6 Å². The molecule has 1 amide bonds. The summed E-state index contributed by atoms with van der Waals surface area (Å²) in [7, 11) is 1.56. The number of imidazole rings is 1. The number of hydrogen-bond acceptors (Lipinski definition) is 4. The fourth-order valence-corrected chi connectivity index (χ4v) is 3.41. The number of methoxy groups -OCH3 is 1. The number of anilines is 1. The van der Waals surface area contributed by atoms with Crippen molar-refractivity contribution in [1.82, 2.24) is 9.97 Å². The lowest BCUT2D eigenvalue weighted by Gasteiger charge is -2.16. The van der Waals surface area contributed by atoms with Gasteiger partial charge in [-0.3, -0.25) is 4.79 Å². The predicted molar refractivity (Wildman–Crippen MR) is 103 cm³/mol. The van der Waals surface area contributed by atoms with E-state index < -0.39 is 0 Å². The lowest BCUT2D eigenvalue weighted by atomic mass is 10.1. The molecule has 3 N–H and O–H groups in total. The maximum absolute atomic E-state index is 12.6. The molecule has 0 radical (unpaired) electrons. The second-order valence-electron chi connectivity index (χ2n) is 6.68. The molecule has 1 aliphatic carbocycles. The summed E-state index contributed by atoms with van der Waals surface area (Å²) in [6, 6.07) is 10.4. The van der Waals surface area contributed by atoms with Gasteiger partial charge in [0.2, 0.25) is 0 Å². The summed E-state index contributed by atoms with van der Waals surface area (Å²) >= 11 is 0. The van der Waals surface area contributed by atoms with Crippen molar-refractivity contribution in [3.05, 3.63) is 52.4 Å². The zero-order chi connectivity index (χ0) is 18.8. The fraction of sp³-hybridized carbons (Fsp3) is 0.300. The average Bonchev–Trinajstić information content (AvgIpc) is 3.30. The molecule has 0 atom stereocenters. The number of carbonyl (C=O) groups is 1. The lowest BCUT2D eigenvalue weighted by Crippen LogP contribution is -2.14. The lowest BCUT2D eigenvalue weighted by molar-refractivity contribution is 0.102. The summed E-state index contributed by atoms with van der Waals surface area (Å²) in [4.78, 5) is 29.3. The number of hydrogen-bond donors (Lipinski definition) is 3. The first-order valence-electron chi connectivity index (χ1n) is 9.00. The molecule has 7 nitrogen and oxygen atoms in total. The highest BCUT2D eigenvalue weighted by Crippen LogP contribution is 2.32. The van der Waals surface area contributed by atoms with Gasteiger partial charge in [-0.2, -0.15) is 0 Å². The molecule has 0 saturated heterocycles. The molecule has 0 unspecified atom stereocenters. The third-order valence-corrected chi connectivity index (χ3v) is 4.80. The minimum Gasteiger partial charge on any atom is -0.493 e. The average molecular weight is 367 g/mol. The van der Waals surface area contributed by atoms with Crippen LogP contribution in [0.25, 0.3) is 11.0 Å². The largest absolute Gasteiger partial charge is 0.493 e. The van der Waals surface area contributed by atoms with Crippen LogP contribution in [0.15, 0.2) is 41.2 Å². The first kappa shape index (κ1) is 17.2. The Morgan fingerprint density at radius 2 is 1.81 bits per heavy atom. The zero-order valence-electron chi connectivity index (χ0n) is 15.0. The highest BCUT2D eigenvalue weighted by Gasteiger charge is 2.19. The van der Waals surface area contributed by atoms with Crippen LogP contribution in [0.5, 0.6) is 11.5 Å². The monoisotopic (exact) mass is 367 g/mol. The van der Waals surface area contributed by atoms with E-state index in [0.29, 0.717) is 33.8 Å². The molecule has 1 aliphatic rings. The predicted octanol–water partition coefficient (Wildman–Crippen LogP) is 3.44. The van der Waals surface area contributed by atoms with Gasteiger partial charge in [-0.05, 0) is 62.1 Å². The molecule has 7 heteroatoms. The molecular weight excluding hydrogens is 346 g/mol. The maximum atomic E-state index is 12.6. The van der Waals surface area contributed by atoms with Crippen molar-refractivity contribution in [2.24, 2.45) is 0 Å². The molecule has 2 aromatic carbocycles. The molecule has 0 aliphatic heterocycles.